The number of pyridine rings is 1. The second kappa shape index (κ2) is 5.63. The maximum Gasteiger partial charge on any atom is 0.242 e. The predicted octanol–water partition coefficient (Wildman–Crippen LogP) is 1.41. The maximum atomic E-state index is 11.8. The summed E-state index contributed by atoms with van der Waals surface area (Å²) < 4.78 is 0. The lowest BCUT2D eigenvalue weighted by atomic mass is 9.99. The van der Waals surface area contributed by atoms with Crippen LogP contribution in [-0.4, -0.2) is 22.0 Å². The van der Waals surface area contributed by atoms with Gasteiger partial charge in [0.1, 0.15) is 0 Å². The predicted molar refractivity (Wildman–Crippen MR) is 66.7 cm³/mol. The standard InChI is InChI=1S/C12H19N3O2/c1-4-7(2)10(13)12(17)15-11-9(16)6-5-8(3)14-11/h5-7,10,16H,4,13H2,1-3H3,(H,14,15,17). The fourth-order valence-electron chi connectivity index (χ4n) is 1.35. The van der Waals surface area contributed by atoms with E-state index in [1.165, 1.54) is 6.07 Å². The Morgan fingerprint density at radius 1 is 1.59 bits per heavy atom. The molecule has 94 valence electrons. The highest BCUT2D eigenvalue weighted by atomic mass is 16.3. The fraction of sp³-hybridized carbons (Fsp3) is 0.500. The van der Waals surface area contributed by atoms with Crippen molar-refractivity contribution < 1.29 is 9.90 Å². The zero-order chi connectivity index (χ0) is 13.0. The molecule has 1 aromatic rings. The molecule has 17 heavy (non-hydrogen) atoms. The van der Waals surface area contributed by atoms with E-state index in [-0.39, 0.29) is 23.4 Å². The average molecular weight is 237 g/mol. The normalized spacial score (nSPS) is 14.1. The summed E-state index contributed by atoms with van der Waals surface area (Å²) in [5.74, 6) is -0.135. The van der Waals surface area contributed by atoms with Crippen LogP contribution in [0, 0.1) is 12.8 Å². The third kappa shape index (κ3) is 3.42. The molecule has 2 atom stereocenters. The van der Waals surface area contributed by atoms with Crippen LogP contribution in [0.25, 0.3) is 0 Å². The summed E-state index contributed by atoms with van der Waals surface area (Å²) in [7, 11) is 0. The largest absolute Gasteiger partial charge is 0.504 e. The van der Waals surface area contributed by atoms with Gasteiger partial charge in [-0.1, -0.05) is 20.3 Å². The highest BCUT2D eigenvalue weighted by Gasteiger charge is 2.20. The average Bonchev–Trinajstić information content (AvgIpc) is 2.31. The zero-order valence-corrected chi connectivity index (χ0v) is 10.4. The lowest BCUT2D eigenvalue weighted by Gasteiger charge is -2.17. The Hall–Kier alpha value is -1.62. The minimum absolute atomic E-state index is 0.0553. The van der Waals surface area contributed by atoms with Gasteiger partial charge in [0, 0.05) is 5.69 Å². The third-order valence-electron chi connectivity index (χ3n) is 2.81. The Bertz CT molecular complexity index is 407. The van der Waals surface area contributed by atoms with Gasteiger partial charge in [-0.2, -0.15) is 0 Å². The zero-order valence-electron chi connectivity index (χ0n) is 10.4. The summed E-state index contributed by atoms with van der Waals surface area (Å²) in [4.78, 5) is 15.8. The highest BCUT2D eigenvalue weighted by molar-refractivity contribution is 5.95. The van der Waals surface area contributed by atoms with E-state index in [9.17, 15) is 9.90 Å². The molecule has 5 heteroatoms. The van der Waals surface area contributed by atoms with Gasteiger partial charge in [-0.3, -0.25) is 4.79 Å². The van der Waals surface area contributed by atoms with Crippen molar-refractivity contribution in [2.75, 3.05) is 5.32 Å². The first kappa shape index (κ1) is 13.4. The van der Waals surface area contributed by atoms with Crippen LogP contribution in [0.1, 0.15) is 26.0 Å². The number of carbonyl (C=O) groups excluding carboxylic acids is 1. The molecular weight excluding hydrogens is 218 g/mol. The van der Waals surface area contributed by atoms with E-state index in [1.807, 2.05) is 13.8 Å². The molecule has 0 saturated heterocycles. The van der Waals surface area contributed by atoms with Crippen molar-refractivity contribution in [3.63, 3.8) is 0 Å². The summed E-state index contributed by atoms with van der Waals surface area (Å²) in [6, 6.07) is 2.56. The third-order valence-corrected chi connectivity index (χ3v) is 2.81. The van der Waals surface area contributed by atoms with Crippen molar-refractivity contribution in [2.45, 2.75) is 33.2 Å². The number of aromatic hydroxyl groups is 1. The van der Waals surface area contributed by atoms with E-state index in [2.05, 4.69) is 10.3 Å². The molecule has 0 bridgehead atoms. The molecule has 2 unspecified atom stereocenters. The molecule has 5 nitrogen and oxygen atoms in total. The second-order valence-electron chi connectivity index (χ2n) is 4.22. The van der Waals surface area contributed by atoms with Crippen LogP contribution >= 0.6 is 0 Å². The van der Waals surface area contributed by atoms with E-state index in [1.54, 1.807) is 13.0 Å². The van der Waals surface area contributed by atoms with Crippen molar-refractivity contribution in [1.82, 2.24) is 4.98 Å². The molecule has 0 saturated carbocycles. The monoisotopic (exact) mass is 237 g/mol. The lowest BCUT2D eigenvalue weighted by molar-refractivity contribution is -0.118. The summed E-state index contributed by atoms with van der Waals surface area (Å²) in [5, 5.41) is 12.1. The Balaban J connectivity index is 2.77. The lowest BCUT2D eigenvalue weighted by Crippen LogP contribution is -2.40. The van der Waals surface area contributed by atoms with Gasteiger partial charge >= 0.3 is 0 Å². The number of aromatic nitrogens is 1. The molecule has 0 radical (unpaired) electrons. The number of nitrogens with zero attached hydrogens (tertiary/aromatic N) is 1. The van der Waals surface area contributed by atoms with Crippen LogP contribution in [0.4, 0.5) is 5.82 Å². The van der Waals surface area contributed by atoms with Gasteiger partial charge in [0.15, 0.2) is 11.6 Å². The van der Waals surface area contributed by atoms with Crippen LogP contribution in [0.2, 0.25) is 0 Å². The summed E-state index contributed by atoms with van der Waals surface area (Å²) >= 11 is 0. The quantitative estimate of drug-likeness (QED) is 0.738. The number of hydrogen-bond acceptors (Lipinski definition) is 4. The van der Waals surface area contributed by atoms with E-state index < -0.39 is 6.04 Å². The fourth-order valence-corrected chi connectivity index (χ4v) is 1.35. The van der Waals surface area contributed by atoms with Gasteiger partial charge in [0.2, 0.25) is 5.91 Å². The van der Waals surface area contributed by atoms with Gasteiger partial charge in [-0.15, -0.1) is 0 Å². The molecule has 0 spiro atoms. The Kier molecular flexibility index (Phi) is 4.45. The SMILES string of the molecule is CCC(C)C(N)C(=O)Nc1nc(C)ccc1O. The molecule has 0 fully saturated rings. The number of nitrogens with two attached hydrogens (primary N) is 1. The number of rotatable bonds is 4. The van der Waals surface area contributed by atoms with E-state index in [4.69, 9.17) is 5.73 Å². The van der Waals surface area contributed by atoms with Gasteiger partial charge in [0.25, 0.3) is 0 Å². The van der Waals surface area contributed by atoms with E-state index in [0.717, 1.165) is 12.1 Å². The van der Waals surface area contributed by atoms with Gasteiger partial charge in [-0.05, 0) is 25.0 Å². The van der Waals surface area contributed by atoms with Gasteiger partial charge < -0.3 is 16.2 Å². The first-order chi connectivity index (χ1) is 7.95. The van der Waals surface area contributed by atoms with Crippen LogP contribution < -0.4 is 11.1 Å². The van der Waals surface area contributed by atoms with Crippen LogP contribution in [0.15, 0.2) is 12.1 Å². The molecule has 1 rings (SSSR count). The Morgan fingerprint density at radius 3 is 2.82 bits per heavy atom. The van der Waals surface area contributed by atoms with Crippen molar-refractivity contribution in [2.24, 2.45) is 11.7 Å². The van der Waals surface area contributed by atoms with E-state index in [0.29, 0.717) is 0 Å². The molecule has 4 N–H and O–H groups in total. The van der Waals surface area contributed by atoms with Gasteiger partial charge in [0.05, 0.1) is 6.04 Å². The number of hydrogen-bond donors (Lipinski definition) is 3. The molecule has 1 aromatic heterocycles. The van der Waals surface area contributed by atoms with Crippen molar-refractivity contribution in [3.05, 3.63) is 17.8 Å². The maximum absolute atomic E-state index is 11.8. The summed E-state index contributed by atoms with van der Waals surface area (Å²) in [6.45, 7) is 5.66. The number of nitrogens with one attached hydrogen (secondary N) is 1. The minimum Gasteiger partial charge on any atom is -0.504 e. The summed E-state index contributed by atoms with van der Waals surface area (Å²) in [5.41, 5.74) is 6.50. The molecule has 1 amide bonds. The Labute approximate surface area is 101 Å². The van der Waals surface area contributed by atoms with Crippen LogP contribution in [-0.2, 0) is 4.79 Å². The molecule has 0 aliphatic heterocycles. The van der Waals surface area contributed by atoms with E-state index >= 15 is 0 Å². The summed E-state index contributed by atoms with van der Waals surface area (Å²) in [6.07, 6.45) is 0.821. The highest BCUT2D eigenvalue weighted by Crippen LogP contribution is 2.20. The molecule has 0 aliphatic carbocycles. The number of anilines is 1. The Morgan fingerprint density at radius 2 is 2.24 bits per heavy atom. The minimum atomic E-state index is -0.596. The smallest absolute Gasteiger partial charge is 0.242 e. The second-order valence-corrected chi connectivity index (χ2v) is 4.22. The first-order valence-electron chi connectivity index (χ1n) is 5.68. The number of aryl methyl sites for hydroxylation is 1. The number of carbonyl (C=O) groups is 1. The number of amides is 1. The molecule has 0 aromatic carbocycles. The van der Waals surface area contributed by atoms with Crippen molar-refractivity contribution >= 4 is 11.7 Å². The molecule has 1 heterocycles. The molecule has 0 aliphatic rings. The first-order valence-corrected chi connectivity index (χ1v) is 5.68. The van der Waals surface area contributed by atoms with Crippen molar-refractivity contribution in [3.8, 4) is 5.75 Å². The van der Waals surface area contributed by atoms with Gasteiger partial charge in [-0.25, -0.2) is 4.98 Å². The van der Waals surface area contributed by atoms with Crippen LogP contribution in [0.5, 0.6) is 5.75 Å². The molecular formula is C12H19N3O2. The van der Waals surface area contributed by atoms with Crippen LogP contribution in [0.3, 0.4) is 0 Å². The van der Waals surface area contributed by atoms with Crippen molar-refractivity contribution in [1.29, 1.82) is 0 Å². The topological polar surface area (TPSA) is 88.2 Å².